The Balaban J connectivity index is 1.86. The Hall–Kier alpha value is -3.53. The van der Waals surface area contributed by atoms with Gasteiger partial charge in [-0.3, -0.25) is 13.9 Å². The van der Waals surface area contributed by atoms with E-state index in [1.165, 1.54) is 16.3 Å². The summed E-state index contributed by atoms with van der Waals surface area (Å²) in [6, 6.07) is 7.30. The topological polar surface area (TPSA) is 124 Å². The van der Waals surface area contributed by atoms with Gasteiger partial charge in [0.25, 0.3) is 5.56 Å². The van der Waals surface area contributed by atoms with Crippen LogP contribution in [0.4, 0.5) is 0 Å². The van der Waals surface area contributed by atoms with E-state index in [0.717, 1.165) is 15.7 Å². The first-order valence-corrected chi connectivity index (χ1v) is 7.79. The second-order valence-electron chi connectivity index (χ2n) is 5.83. The summed E-state index contributed by atoms with van der Waals surface area (Å²) in [7, 11) is 2.95. The number of aromatic nitrogens is 7. The maximum absolute atomic E-state index is 12.3. The normalized spacial score (nSPS) is 11.3. The molecule has 132 valence electrons. The van der Waals surface area contributed by atoms with Gasteiger partial charge in [-0.1, -0.05) is 29.5 Å². The Bertz CT molecular complexity index is 1240. The number of fused-ring (bicyclic) bond motifs is 1. The molecule has 0 saturated heterocycles. The van der Waals surface area contributed by atoms with E-state index < -0.39 is 11.2 Å². The first-order chi connectivity index (χ1) is 12.5. The summed E-state index contributed by atoms with van der Waals surface area (Å²) in [6.07, 6.45) is 1.63. The van der Waals surface area contributed by atoms with Crippen molar-refractivity contribution in [3.05, 3.63) is 56.9 Å². The van der Waals surface area contributed by atoms with Crippen LogP contribution in [0.5, 0.6) is 0 Å². The number of H-pyrrole nitrogens is 1. The molecule has 2 N–H and O–H groups in total. The monoisotopic (exact) mass is 353 g/mol. The van der Waals surface area contributed by atoms with Gasteiger partial charge in [0.2, 0.25) is 5.95 Å². The molecule has 4 rings (SSSR count). The van der Waals surface area contributed by atoms with E-state index in [1.54, 1.807) is 19.3 Å². The maximum Gasteiger partial charge on any atom is 0.332 e. The lowest BCUT2D eigenvalue weighted by Crippen LogP contribution is -2.36. The van der Waals surface area contributed by atoms with Crippen LogP contribution in [-0.4, -0.2) is 39.2 Å². The summed E-state index contributed by atoms with van der Waals surface area (Å²) < 4.78 is 3.68. The zero-order valence-electron chi connectivity index (χ0n) is 14.0. The maximum atomic E-state index is 12.3. The lowest BCUT2D eigenvalue weighted by molar-refractivity contribution is 0.282. The highest BCUT2D eigenvalue weighted by Crippen LogP contribution is 2.22. The molecule has 0 aliphatic rings. The van der Waals surface area contributed by atoms with Gasteiger partial charge >= 0.3 is 5.69 Å². The fourth-order valence-corrected chi connectivity index (χ4v) is 2.82. The number of imidazole rings is 1. The van der Waals surface area contributed by atoms with Crippen LogP contribution < -0.4 is 11.2 Å². The number of nitrogens with zero attached hydrogens (tertiary/aromatic N) is 6. The number of aliphatic hydroxyl groups is 1. The lowest BCUT2D eigenvalue weighted by atomic mass is 10.1. The number of hydrogen-bond acceptors (Lipinski definition) is 6. The van der Waals surface area contributed by atoms with E-state index in [1.807, 2.05) is 18.2 Å². The second-order valence-corrected chi connectivity index (χ2v) is 5.83. The van der Waals surface area contributed by atoms with E-state index in [0.29, 0.717) is 5.69 Å². The molecule has 0 unspecified atom stereocenters. The fourth-order valence-electron chi connectivity index (χ4n) is 2.82. The van der Waals surface area contributed by atoms with Crippen LogP contribution in [0, 0.1) is 0 Å². The smallest absolute Gasteiger partial charge is 0.332 e. The lowest BCUT2D eigenvalue weighted by Gasteiger charge is -2.02. The van der Waals surface area contributed by atoms with Crippen molar-refractivity contribution in [2.24, 2.45) is 14.1 Å². The zero-order valence-corrected chi connectivity index (χ0v) is 14.0. The molecule has 3 aromatic heterocycles. The van der Waals surface area contributed by atoms with E-state index in [-0.39, 0.29) is 23.7 Å². The second kappa shape index (κ2) is 5.77. The molecule has 3 heterocycles. The zero-order chi connectivity index (χ0) is 18.4. The Morgan fingerprint density at radius 2 is 1.92 bits per heavy atom. The van der Waals surface area contributed by atoms with Crippen LogP contribution in [0.2, 0.25) is 0 Å². The summed E-state index contributed by atoms with van der Waals surface area (Å²) in [5.74, 6) is 0.263. The molecule has 10 nitrogen and oxygen atoms in total. The molecule has 10 heteroatoms. The van der Waals surface area contributed by atoms with Crippen molar-refractivity contribution in [1.82, 2.24) is 34.1 Å². The molecule has 0 fully saturated rings. The summed E-state index contributed by atoms with van der Waals surface area (Å²) in [5.41, 5.74) is 1.54. The number of benzene rings is 1. The predicted octanol–water partition coefficient (Wildman–Crippen LogP) is -0.300. The molecule has 26 heavy (non-hydrogen) atoms. The number of nitrogens with one attached hydrogen (secondary N) is 1. The summed E-state index contributed by atoms with van der Waals surface area (Å²) in [5, 5.41) is 17.6. The van der Waals surface area contributed by atoms with Crippen LogP contribution in [-0.2, 0) is 20.7 Å². The van der Waals surface area contributed by atoms with Crippen LogP contribution in [0.25, 0.3) is 28.4 Å². The minimum atomic E-state index is -0.465. The molecule has 0 atom stereocenters. The van der Waals surface area contributed by atoms with Gasteiger partial charge in [0.15, 0.2) is 11.2 Å². The Labute approximate surface area is 146 Å². The third-order valence-corrected chi connectivity index (χ3v) is 4.26. The third-order valence-electron chi connectivity index (χ3n) is 4.26. The molecule has 0 saturated carbocycles. The predicted molar refractivity (Wildman–Crippen MR) is 92.9 cm³/mol. The summed E-state index contributed by atoms with van der Waals surface area (Å²) in [4.78, 5) is 31.5. The number of aryl methyl sites for hydroxylation is 1. The van der Waals surface area contributed by atoms with Crippen LogP contribution in [0.15, 0.2) is 40.1 Å². The van der Waals surface area contributed by atoms with Gasteiger partial charge in [-0.2, -0.15) is 9.67 Å². The molecule has 0 bridgehead atoms. The number of hydrogen-bond donors (Lipinski definition) is 2. The molecule has 0 spiro atoms. The van der Waals surface area contributed by atoms with Gasteiger partial charge in [0.1, 0.15) is 5.69 Å². The van der Waals surface area contributed by atoms with Crippen molar-refractivity contribution in [2.45, 2.75) is 6.61 Å². The first kappa shape index (κ1) is 16.0. The molecule has 0 aliphatic carbocycles. The van der Waals surface area contributed by atoms with Crippen LogP contribution in [0.1, 0.15) is 5.56 Å². The molecule has 4 aromatic rings. The van der Waals surface area contributed by atoms with Crippen LogP contribution in [0.3, 0.4) is 0 Å². The van der Waals surface area contributed by atoms with Gasteiger partial charge in [0, 0.05) is 19.7 Å². The molecular formula is C16H15N7O3. The van der Waals surface area contributed by atoms with Crippen molar-refractivity contribution in [2.75, 3.05) is 0 Å². The number of aliphatic hydroxyl groups excluding tert-OH is 1. The van der Waals surface area contributed by atoms with Gasteiger partial charge in [-0.25, -0.2) is 4.79 Å². The molecule has 0 aliphatic heterocycles. The molecular weight excluding hydrogens is 338 g/mol. The van der Waals surface area contributed by atoms with Gasteiger partial charge in [-0.05, 0) is 5.56 Å². The average Bonchev–Trinajstić information content (AvgIpc) is 3.32. The largest absolute Gasteiger partial charge is 0.392 e. The fraction of sp³-hybridized carbons (Fsp3) is 0.188. The number of rotatable bonds is 3. The molecule has 0 radical (unpaired) electrons. The number of aromatic amines is 1. The Morgan fingerprint density at radius 1 is 1.15 bits per heavy atom. The highest BCUT2D eigenvalue weighted by atomic mass is 16.3. The standard InChI is InChI=1S/C16H15N7O3/c1-21-13-12(14(25)22(2)16(21)26)17-15(18-13)23-7-11(19-20-23)10-6-4-3-5-9(10)8-24/h3-7,24H,8H2,1-2H3,(H,17,18). The van der Waals surface area contributed by atoms with Gasteiger partial charge in [-0.15, -0.1) is 5.10 Å². The van der Waals surface area contributed by atoms with Gasteiger partial charge < -0.3 is 10.1 Å². The van der Waals surface area contributed by atoms with E-state index in [4.69, 9.17) is 0 Å². The van der Waals surface area contributed by atoms with E-state index >= 15 is 0 Å². The van der Waals surface area contributed by atoms with E-state index in [9.17, 15) is 14.7 Å². The first-order valence-electron chi connectivity index (χ1n) is 7.79. The van der Waals surface area contributed by atoms with Crippen molar-refractivity contribution in [3.8, 4) is 17.2 Å². The molecule has 0 amide bonds. The summed E-state index contributed by atoms with van der Waals surface area (Å²) in [6.45, 7) is -0.119. The molecule has 1 aromatic carbocycles. The Morgan fingerprint density at radius 3 is 2.69 bits per heavy atom. The van der Waals surface area contributed by atoms with Crippen molar-refractivity contribution < 1.29 is 5.11 Å². The summed E-state index contributed by atoms with van der Waals surface area (Å²) >= 11 is 0. The SMILES string of the molecule is Cn1c(=O)c2[nH]c(-n3cc(-c4ccccc4CO)nn3)nc2n(C)c1=O. The quantitative estimate of drug-likeness (QED) is 0.521. The van der Waals surface area contributed by atoms with E-state index in [2.05, 4.69) is 20.3 Å². The van der Waals surface area contributed by atoms with Crippen molar-refractivity contribution in [3.63, 3.8) is 0 Å². The average molecular weight is 353 g/mol. The van der Waals surface area contributed by atoms with Crippen molar-refractivity contribution in [1.29, 1.82) is 0 Å². The minimum Gasteiger partial charge on any atom is -0.392 e. The van der Waals surface area contributed by atoms with Crippen LogP contribution >= 0.6 is 0 Å². The van der Waals surface area contributed by atoms with Crippen molar-refractivity contribution >= 4 is 11.2 Å². The Kier molecular flexibility index (Phi) is 3.55. The highest BCUT2D eigenvalue weighted by molar-refractivity contribution is 5.71. The minimum absolute atomic E-state index is 0.119. The van der Waals surface area contributed by atoms with Gasteiger partial charge in [0.05, 0.1) is 12.8 Å². The highest BCUT2D eigenvalue weighted by Gasteiger charge is 2.16. The third kappa shape index (κ3) is 2.27.